The number of nitrogens with one attached hydrogen (secondary N) is 1. The summed E-state index contributed by atoms with van der Waals surface area (Å²) in [5.41, 5.74) is 1.77. The van der Waals surface area contributed by atoms with Crippen LogP contribution >= 0.6 is 0 Å². The van der Waals surface area contributed by atoms with Gasteiger partial charge in [-0.05, 0) is 31.4 Å². The minimum Gasteiger partial charge on any atom is -0.481 e. The van der Waals surface area contributed by atoms with Crippen LogP contribution in [0.15, 0.2) is 42.0 Å². The third-order valence-electron chi connectivity index (χ3n) is 3.75. The van der Waals surface area contributed by atoms with Crippen molar-refractivity contribution in [3.8, 4) is 0 Å². The van der Waals surface area contributed by atoms with Gasteiger partial charge in [-0.1, -0.05) is 36.8 Å². The highest BCUT2D eigenvalue weighted by atomic mass is 16.4. The molecule has 1 aromatic carbocycles. The Morgan fingerprint density at radius 3 is 2.50 bits per heavy atom. The van der Waals surface area contributed by atoms with E-state index in [-0.39, 0.29) is 11.8 Å². The number of aliphatic carboxylic acids is 1. The van der Waals surface area contributed by atoms with Gasteiger partial charge in [-0.25, -0.2) is 0 Å². The van der Waals surface area contributed by atoms with Crippen LogP contribution < -0.4 is 5.32 Å². The summed E-state index contributed by atoms with van der Waals surface area (Å²) in [4.78, 5) is 23.8. The SMILES string of the molecule is CC1=C[C@H](C)[C@@H](C(=O)O)[C@@H](C(=O)Nc2ccccc2)C1. The fourth-order valence-electron chi connectivity index (χ4n) is 2.87. The Labute approximate surface area is 118 Å². The maximum Gasteiger partial charge on any atom is 0.307 e. The molecule has 3 atom stereocenters. The summed E-state index contributed by atoms with van der Waals surface area (Å²) in [6, 6.07) is 9.12. The third-order valence-corrected chi connectivity index (χ3v) is 3.75. The van der Waals surface area contributed by atoms with Crippen molar-refractivity contribution in [2.75, 3.05) is 5.32 Å². The van der Waals surface area contributed by atoms with Gasteiger partial charge in [0.2, 0.25) is 5.91 Å². The van der Waals surface area contributed by atoms with Crippen LogP contribution in [0.4, 0.5) is 5.69 Å². The van der Waals surface area contributed by atoms with E-state index in [1.165, 1.54) is 0 Å². The highest BCUT2D eigenvalue weighted by molar-refractivity contribution is 5.95. The Bertz CT molecular complexity index is 536. The van der Waals surface area contributed by atoms with Crippen molar-refractivity contribution in [2.24, 2.45) is 17.8 Å². The molecular weight excluding hydrogens is 254 g/mol. The number of hydrogen-bond acceptors (Lipinski definition) is 2. The van der Waals surface area contributed by atoms with Gasteiger partial charge in [-0.3, -0.25) is 9.59 Å². The van der Waals surface area contributed by atoms with Gasteiger partial charge in [0.1, 0.15) is 0 Å². The van der Waals surface area contributed by atoms with Gasteiger partial charge >= 0.3 is 5.97 Å². The van der Waals surface area contributed by atoms with Gasteiger partial charge in [-0.15, -0.1) is 0 Å². The maximum absolute atomic E-state index is 12.4. The van der Waals surface area contributed by atoms with Crippen molar-refractivity contribution in [3.63, 3.8) is 0 Å². The van der Waals surface area contributed by atoms with Gasteiger partial charge in [0.25, 0.3) is 0 Å². The number of allylic oxidation sites excluding steroid dienone is 2. The van der Waals surface area contributed by atoms with Gasteiger partial charge in [0, 0.05) is 5.69 Å². The summed E-state index contributed by atoms with van der Waals surface area (Å²) < 4.78 is 0. The molecule has 1 aliphatic rings. The molecule has 2 rings (SSSR count). The lowest BCUT2D eigenvalue weighted by molar-refractivity contribution is -0.148. The number of carbonyl (C=O) groups excluding carboxylic acids is 1. The number of carbonyl (C=O) groups is 2. The number of hydrogen-bond donors (Lipinski definition) is 2. The van der Waals surface area contributed by atoms with Crippen LogP contribution in [0.1, 0.15) is 20.3 Å². The van der Waals surface area contributed by atoms with Crippen LogP contribution in [-0.2, 0) is 9.59 Å². The van der Waals surface area contributed by atoms with Crippen LogP contribution in [0.5, 0.6) is 0 Å². The number of para-hydroxylation sites is 1. The molecule has 0 saturated heterocycles. The van der Waals surface area contributed by atoms with Crippen molar-refractivity contribution in [3.05, 3.63) is 42.0 Å². The van der Waals surface area contributed by atoms with E-state index in [1.807, 2.05) is 38.1 Å². The molecule has 1 amide bonds. The number of benzene rings is 1. The van der Waals surface area contributed by atoms with Crippen LogP contribution in [0.2, 0.25) is 0 Å². The summed E-state index contributed by atoms with van der Waals surface area (Å²) in [6.07, 6.45) is 2.45. The Morgan fingerprint density at radius 2 is 1.90 bits per heavy atom. The zero-order chi connectivity index (χ0) is 14.7. The molecule has 4 nitrogen and oxygen atoms in total. The molecular formula is C16H19NO3. The maximum atomic E-state index is 12.4. The predicted molar refractivity (Wildman–Crippen MR) is 77.2 cm³/mol. The number of carboxylic acids is 1. The van der Waals surface area contributed by atoms with E-state index >= 15 is 0 Å². The standard InChI is InChI=1S/C16H19NO3/c1-10-8-11(2)14(16(19)20)13(9-10)15(18)17-12-6-4-3-5-7-12/h3-8,11,13-14H,9H2,1-2H3,(H,17,18)(H,19,20)/t11-,13-,14+/m0/s1. The molecule has 0 aliphatic heterocycles. The van der Waals surface area contributed by atoms with E-state index in [1.54, 1.807) is 12.1 Å². The quantitative estimate of drug-likeness (QED) is 0.832. The molecule has 0 radical (unpaired) electrons. The Balaban J connectivity index is 2.18. The fraction of sp³-hybridized carbons (Fsp3) is 0.375. The second-order valence-corrected chi connectivity index (χ2v) is 5.40. The second-order valence-electron chi connectivity index (χ2n) is 5.40. The van der Waals surface area contributed by atoms with Crippen molar-refractivity contribution >= 4 is 17.6 Å². The lowest BCUT2D eigenvalue weighted by Crippen LogP contribution is -2.39. The van der Waals surface area contributed by atoms with E-state index in [0.717, 1.165) is 5.57 Å². The second kappa shape index (κ2) is 5.90. The molecule has 0 fully saturated rings. The first-order valence-corrected chi connectivity index (χ1v) is 6.75. The monoisotopic (exact) mass is 273 g/mol. The van der Waals surface area contributed by atoms with Crippen LogP contribution in [0.25, 0.3) is 0 Å². The lowest BCUT2D eigenvalue weighted by Gasteiger charge is -2.31. The Morgan fingerprint density at radius 1 is 1.25 bits per heavy atom. The minimum atomic E-state index is -0.908. The zero-order valence-corrected chi connectivity index (χ0v) is 11.7. The highest BCUT2D eigenvalue weighted by Gasteiger charge is 2.39. The molecule has 1 aliphatic carbocycles. The number of amides is 1. The number of rotatable bonds is 3. The molecule has 4 heteroatoms. The average molecular weight is 273 g/mol. The molecule has 0 bridgehead atoms. The number of carboxylic acid groups (broad SMARTS) is 1. The van der Waals surface area contributed by atoms with Crippen LogP contribution in [0, 0.1) is 17.8 Å². The first kappa shape index (κ1) is 14.3. The van der Waals surface area contributed by atoms with Crippen LogP contribution in [-0.4, -0.2) is 17.0 Å². The lowest BCUT2D eigenvalue weighted by atomic mass is 9.73. The molecule has 106 valence electrons. The molecule has 0 aromatic heterocycles. The highest BCUT2D eigenvalue weighted by Crippen LogP contribution is 2.34. The summed E-state index contributed by atoms with van der Waals surface area (Å²) in [5, 5.41) is 12.2. The predicted octanol–water partition coefficient (Wildman–Crippen LogP) is 2.93. The van der Waals surface area contributed by atoms with E-state index in [0.29, 0.717) is 12.1 Å². The molecule has 1 aromatic rings. The molecule has 2 N–H and O–H groups in total. The van der Waals surface area contributed by atoms with Gasteiger partial charge in [-0.2, -0.15) is 0 Å². The number of anilines is 1. The van der Waals surface area contributed by atoms with Crippen molar-refractivity contribution in [1.82, 2.24) is 0 Å². The topological polar surface area (TPSA) is 66.4 Å². The van der Waals surface area contributed by atoms with E-state index in [9.17, 15) is 14.7 Å². The smallest absolute Gasteiger partial charge is 0.307 e. The Hall–Kier alpha value is -2.10. The average Bonchev–Trinajstić information content (AvgIpc) is 2.38. The largest absolute Gasteiger partial charge is 0.481 e. The zero-order valence-electron chi connectivity index (χ0n) is 11.7. The van der Waals surface area contributed by atoms with Crippen molar-refractivity contribution < 1.29 is 14.7 Å². The van der Waals surface area contributed by atoms with E-state index < -0.39 is 17.8 Å². The molecule has 0 heterocycles. The summed E-state index contributed by atoms with van der Waals surface area (Å²) in [6.45, 7) is 3.79. The molecule has 0 saturated carbocycles. The third kappa shape index (κ3) is 3.07. The summed E-state index contributed by atoms with van der Waals surface area (Å²) in [5.74, 6) is -2.44. The Kier molecular flexibility index (Phi) is 4.23. The summed E-state index contributed by atoms with van der Waals surface area (Å²) in [7, 11) is 0. The van der Waals surface area contributed by atoms with E-state index in [4.69, 9.17) is 0 Å². The summed E-state index contributed by atoms with van der Waals surface area (Å²) >= 11 is 0. The molecule has 0 unspecified atom stereocenters. The van der Waals surface area contributed by atoms with Crippen molar-refractivity contribution in [1.29, 1.82) is 0 Å². The van der Waals surface area contributed by atoms with Crippen molar-refractivity contribution in [2.45, 2.75) is 20.3 Å². The van der Waals surface area contributed by atoms with Gasteiger partial charge in [0.15, 0.2) is 0 Å². The minimum absolute atomic E-state index is 0.132. The normalized spacial score (nSPS) is 25.7. The fourth-order valence-corrected chi connectivity index (χ4v) is 2.87. The first-order valence-electron chi connectivity index (χ1n) is 6.75. The van der Waals surface area contributed by atoms with Gasteiger partial charge < -0.3 is 10.4 Å². The van der Waals surface area contributed by atoms with E-state index in [2.05, 4.69) is 5.32 Å². The van der Waals surface area contributed by atoms with Gasteiger partial charge in [0.05, 0.1) is 11.8 Å². The molecule has 20 heavy (non-hydrogen) atoms. The molecule has 0 spiro atoms. The first-order chi connectivity index (χ1) is 9.49. The van der Waals surface area contributed by atoms with Crippen LogP contribution in [0.3, 0.4) is 0 Å².